The van der Waals surface area contributed by atoms with Gasteiger partial charge in [-0.05, 0) is 86.9 Å². The van der Waals surface area contributed by atoms with E-state index in [1.165, 1.54) is 0 Å². The van der Waals surface area contributed by atoms with Crippen LogP contribution in [0.2, 0.25) is 0 Å². The fourth-order valence-corrected chi connectivity index (χ4v) is 8.48. The number of para-hydroxylation sites is 1. The number of likely N-dealkylation sites (tertiary alicyclic amines) is 1. The molecule has 0 saturated carbocycles. The number of imide groups is 1. The summed E-state index contributed by atoms with van der Waals surface area (Å²) in [4.78, 5) is 55.4. The molecule has 0 bridgehead atoms. The molecule has 0 radical (unpaired) electrons. The van der Waals surface area contributed by atoms with Crippen LogP contribution in [0.4, 0.5) is 5.69 Å². The summed E-state index contributed by atoms with van der Waals surface area (Å²) in [5.41, 5.74) is 7.09. The van der Waals surface area contributed by atoms with Crippen LogP contribution in [0.15, 0.2) is 46.1 Å². The van der Waals surface area contributed by atoms with Crippen molar-refractivity contribution in [1.82, 2.24) is 23.9 Å². The summed E-state index contributed by atoms with van der Waals surface area (Å²) in [6.07, 6.45) is 5.57. The van der Waals surface area contributed by atoms with Crippen molar-refractivity contribution in [3.05, 3.63) is 74.1 Å². The van der Waals surface area contributed by atoms with Crippen molar-refractivity contribution in [1.29, 1.82) is 0 Å². The summed E-state index contributed by atoms with van der Waals surface area (Å²) >= 11 is 0. The Bertz CT molecular complexity index is 2110. The number of aryl methyl sites for hydroxylation is 2. The highest BCUT2D eigenvalue weighted by Gasteiger charge is 2.41. The first-order valence-electron chi connectivity index (χ1n) is 17.4. The van der Waals surface area contributed by atoms with Gasteiger partial charge in [-0.15, -0.1) is 0 Å². The van der Waals surface area contributed by atoms with Crippen molar-refractivity contribution in [2.24, 2.45) is 19.5 Å². The molecule has 7 rings (SSSR count). The fraction of sp³-hybridized carbons (Fsp3) is 0.474. The Hall–Kier alpha value is -4.84. The number of fused-ring (bicyclic) bond motifs is 1. The second-order valence-corrected chi connectivity index (χ2v) is 14.3. The minimum atomic E-state index is -0.705. The Kier molecular flexibility index (Phi) is 8.62. The average molecular weight is 683 g/mol. The van der Waals surface area contributed by atoms with E-state index in [2.05, 4.69) is 33.3 Å². The van der Waals surface area contributed by atoms with Crippen molar-refractivity contribution in [3.63, 3.8) is 0 Å². The van der Waals surface area contributed by atoms with Gasteiger partial charge in [-0.25, -0.2) is 4.79 Å². The van der Waals surface area contributed by atoms with Crippen molar-refractivity contribution < 1.29 is 19.1 Å². The number of amides is 2. The molecule has 2 amide bonds. The summed E-state index contributed by atoms with van der Waals surface area (Å²) in [7, 11) is 6.92. The van der Waals surface area contributed by atoms with E-state index in [-0.39, 0.29) is 29.0 Å². The fourth-order valence-electron chi connectivity index (χ4n) is 8.48. The number of anilines is 1. The highest BCUT2D eigenvalue weighted by Crippen LogP contribution is 2.44. The molecule has 12 heteroatoms. The molecule has 2 aromatic carbocycles. The van der Waals surface area contributed by atoms with E-state index in [0.717, 1.165) is 96.0 Å². The van der Waals surface area contributed by atoms with Gasteiger partial charge in [0, 0.05) is 64.0 Å². The number of carbonyl (C=O) groups excluding carboxylic acids is 2. The maximum atomic E-state index is 13.5. The Labute approximate surface area is 291 Å². The molecule has 2 aromatic heterocycles. The van der Waals surface area contributed by atoms with Crippen LogP contribution < -0.4 is 30.9 Å². The number of carbonyl (C=O) groups is 2. The molecule has 5 heterocycles. The van der Waals surface area contributed by atoms with Crippen LogP contribution in [0.3, 0.4) is 0 Å². The van der Waals surface area contributed by atoms with Crippen molar-refractivity contribution >= 4 is 28.5 Å². The number of nitrogens with zero attached hydrogens (tertiary/aromatic N) is 5. The molecule has 3 aliphatic heterocycles. The number of ether oxygens (including phenoxy) is 2. The van der Waals surface area contributed by atoms with Gasteiger partial charge in [-0.1, -0.05) is 6.07 Å². The lowest BCUT2D eigenvalue weighted by molar-refractivity contribution is -0.135. The predicted molar refractivity (Wildman–Crippen MR) is 192 cm³/mol. The van der Waals surface area contributed by atoms with E-state index >= 15 is 0 Å². The molecule has 264 valence electrons. The van der Waals surface area contributed by atoms with E-state index in [0.29, 0.717) is 18.5 Å². The largest absolute Gasteiger partial charge is 0.496 e. The van der Waals surface area contributed by atoms with Crippen molar-refractivity contribution in [2.75, 3.05) is 45.3 Å². The van der Waals surface area contributed by atoms with Gasteiger partial charge < -0.3 is 18.9 Å². The maximum absolute atomic E-state index is 13.5. The zero-order valence-corrected chi connectivity index (χ0v) is 29.8. The zero-order valence-electron chi connectivity index (χ0n) is 29.8. The van der Waals surface area contributed by atoms with E-state index in [9.17, 15) is 19.2 Å². The first kappa shape index (κ1) is 33.6. The second-order valence-electron chi connectivity index (χ2n) is 14.3. The van der Waals surface area contributed by atoms with Gasteiger partial charge in [-0.3, -0.25) is 33.7 Å². The molecular formula is C38H46N6O6. The van der Waals surface area contributed by atoms with Crippen LogP contribution in [-0.4, -0.2) is 70.8 Å². The molecule has 3 aliphatic rings. The Morgan fingerprint density at radius 2 is 1.60 bits per heavy atom. The molecule has 1 atom stereocenters. The van der Waals surface area contributed by atoms with Gasteiger partial charge >= 0.3 is 5.69 Å². The molecule has 12 nitrogen and oxygen atoms in total. The predicted octanol–water partition coefficient (Wildman–Crippen LogP) is 3.81. The van der Waals surface area contributed by atoms with E-state index < -0.39 is 11.9 Å². The van der Waals surface area contributed by atoms with Gasteiger partial charge in [0.05, 0.1) is 36.5 Å². The SMILES string of the molecule is COc1cc(-c2cn(C)c(=O)c(C)c2C)cc(OC)c1CN1CCC2(CCN(c3cccc4c3n(C)c(=O)n4C3CCC(=O)NC3=O)CC2)C1. The minimum Gasteiger partial charge on any atom is -0.496 e. The molecule has 3 saturated heterocycles. The molecular weight excluding hydrogens is 636 g/mol. The Balaban J connectivity index is 1.09. The molecule has 3 fully saturated rings. The third-order valence-corrected chi connectivity index (χ3v) is 11.5. The molecule has 1 spiro atoms. The lowest BCUT2D eigenvalue weighted by atomic mass is 9.77. The van der Waals surface area contributed by atoms with Crippen LogP contribution in [-0.2, 0) is 30.2 Å². The van der Waals surface area contributed by atoms with Crippen LogP contribution in [0.25, 0.3) is 22.2 Å². The highest BCUT2D eigenvalue weighted by atomic mass is 16.5. The number of benzene rings is 2. The van der Waals surface area contributed by atoms with Crippen molar-refractivity contribution in [2.45, 2.75) is 58.5 Å². The number of methoxy groups -OCH3 is 2. The van der Waals surface area contributed by atoms with Crippen LogP contribution in [0.5, 0.6) is 11.5 Å². The first-order valence-corrected chi connectivity index (χ1v) is 17.4. The second kappa shape index (κ2) is 12.8. The summed E-state index contributed by atoms with van der Waals surface area (Å²) in [5.74, 6) is 0.813. The number of nitrogens with one attached hydrogen (secondary N) is 1. The molecule has 4 aromatic rings. The number of pyridine rings is 1. The summed E-state index contributed by atoms with van der Waals surface area (Å²) < 4.78 is 16.7. The van der Waals surface area contributed by atoms with E-state index in [4.69, 9.17) is 9.47 Å². The van der Waals surface area contributed by atoms with Gasteiger partial charge in [-0.2, -0.15) is 0 Å². The topological polar surface area (TPSA) is 120 Å². The van der Waals surface area contributed by atoms with Gasteiger partial charge in [0.15, 0.2) is 0 Å². The standard InChI is InChI=1S/C38H46N6O6/c1-23-24(2)36(47)40(3)20-26(23)25-18-31(49-5)27(32(19-25)50-6)21-42-15-12-38(22-42)13-16-43(17-14-38)28-8-7-9-29-34(28)41(4)37(48)44(29)30-10-11-33(45)39-35(30)46/h7-9,18-20,30H,10-17,21-22H2,1-6H3,(H,39,45,46). The number of hydrogen-bond donors (Lipinski definition) is 1. The first-order chi connectivity index (χ1) is 23.9. The number of hydrogen-bond acceptors (Lipinski definition) is 8. The van der Waals surface area contributed by atoms with Crippen LogP contribution in [0, 0.1) is 19.3 Å². The zero-order chi connectivity index (χ0) is 35.5. The van der Waals surface area contributed by atoms with Gasteiger partial charge in [0.2, 0.25) is 11.8 Å². The number of rotatable bonds is 7. The molecule has 0 aliphatic carbocycles. The average Bonchev–Trinajstić information content (AvgIpc) is 3.62. The lowest BCUT2D eigenvalue weighted by Crippen LogP contribution is -2.44. The van der Waals surface area contributed by atoms with Crippen molar-refractivity contribution in [3.8, 4) is 22.6 Å². The smallest absolute Gasteiger partial charge is 0.329 e. The van der Waals surface area contributed by atoms with Crippen LogP contribution in [0.1, 0.15) is 54.8 Å². The van der Waals surface area contributed by atoms with E-state index in [1.54, 1.807) is 42.0 Å². The quantitative estimate of drug-likeness (QED) is 0.293. The lowest BCUT2D eigenvalue weighted by Gasteiger charge is -2.40. The van der Waals surface area contributed by atoms with Gasteiger partial charge in [0.25, 0.3) is 5.56 Å². The van der Waals surface area contributed by atoms with Crippen LogP contribution >= 0.6 is 0 Å². The Morgan fingerprint density at radius 3 is 2.26 bits per heavy atom. The maximum Gasteiger partial charge on any atom is 0.329 e. The van der Waals surface area contributed by atoms with E-state index in [1.807, 2.05) is 32.2 Å². The summed E-state index contributed by atoms with van der Waals surface area (Å²) in [6.45, 7) is 8.23. The number of aromatic nitrogens is 3. The third-order valence-electron chi connectivity index (χ3n) is 11.5. The Morgan fingerprint density at radius 1 is 0.920 bits per heavy atom. The molecule has 1 unspecified atom stereocenters. The highest BCUT2D eigenvalue weighted by molar-refractivity contribution is 6.00. The number of piperidine rings is 2. The summed E-state index contributed by atoms with van der Waals surface area (Å²) in [6, 6.07) is 9.31. The van der Waals surface area contributed by atoms with Gasteiger partial charge in [0.1, 0.15) is 17.5 Å². The third kappa shape index (κ3) is 5.59. The molecule has 50 heavy (non-hydrogen) atoms. The summed E-state index contributed by atoms with van der Waals surface area (Å²) in [5, 5.41) is 2.40. The normalized spacial score (nSPS) is 19.4. The minimum absolute atomic E-state index is 0.00198. The molecule has 1 N–H and O–H groups in total. The monoisotopic (exact) mass is 682 g/mol. The number of imidazole rings is 1.